The molecule has 0 spiro atoms. The van der Waals surface area contributed by atoms with Gasteiger partial charge in [0.25, 0.3) is 0 Å². The highest BCUT2D eigenvalue weighted by Crippen LogP contribution is 2.17. The fourth-order valence-corrected chi connectivity index (χ4v) is 4.13. The number of hydrogen-bond donors (Lipinski definition) is 2. The molecule has 0 radical (unpaired) electrons. The quantitative estimate of drug-likeness (QED) is 0.673. The molecule has 0 aliphatic carbocycles. The minimum absolute atomic E-state index is 0.144. The Morgan fingerprint density at radius 1 is 1.07 bits per heavy atom. The summed E-state index contributed by atoms with van der Waals surface area (Å²) in [6.07, 6.45) is 0.589. The lowest BCUT2D eigenvalue weighted by atomic mass is 10.0. The maximum Gasteiger partial charge on any atom is 0.241 e. The van der Waals surface area contributed by atoms with Crippen LogP contribution in [0.3, 0.4) is 0 Å². The number of methoxy groups -OCH3 is 1. The molecule has 2 rings (SSSR count). The highest BCUT2D eigenvalue weighted by molar-refractivity contribution is 7.89. The predicted molar refractivity (Wildman–Crippen MR) is 110 cm³/mol. The zero-order valence-corrected chi connectivity index (χ0v) is 17.5. The summed E-state index contributed by atoms with van der Waals surface area (Å²) in [6, 6.07) is 13.3. The van der Waals surface area contributed by atoms with E-state index in [1.807, 2.05) is 45.0 Å². The average molecular weight is 405 g/mol. The Labute approximate surface area is 167 Å². The largest absolute Gasteiger partial charge is 0.496 e. The number of sulfonamides is 1. The van der Waals surface area contributed by atoms with Gasteiger partial charge in [0.15, 0.2) is 0 Å². The second-order valence-electron chi connectivity index (χ2n) is 7.01. The fourth-order valence-electron chi connectivity index (χ4n) is 2.78. The number of rotatable bonds is 9. The van der Waals surface area contributed by atoms with Gasteiger partial charge in [-0.05, 0) is 43.0 Å². The number of amides is 1. The maximum atomic E-state index is 12.6. The van der Waals surface area contributed by atoms with Gasteiger partial charge in [-0.15, -0.1) is 0 Å². The lowest BCUT2D eigenvalue weighted by Gasteiger charge is -2.22. The SMILES string of the molecule is COc1ccccc1CCNC(=O)[C@@H](NS(=O)(=O)c1ccc(C)cc1)C(C)C. The molecule has 0 bridgehead atoms. The minimum atomic E-state index is -3.78. The summed E-state index contributed by atoms with van der Waals surface area (Å²) in [5.74, 6) is 0.212. The number of carbonyl (C=O) groups is 1. The molecule has 1 amide bonds. The van der Waals surface area contributed by atoms with Crippen molar-refractivity contribution in [2.24, 2.45) is 5.92 Å². The Bertz CT molecular complexity index is 893. The van der Waals surface area contributed by atoms with Crippen molar-refractivity contribution in [2.75, 3.05) is 13.7 Å². The van der Waals surface area contributed by atoms with Crippen molar-refractivity contribution < 1.29 is 17.9 Å². The standard InChI is InChI=1S/C21H28N2O4S/c1-15(2)20(23-28(25,26)18-11-9-16(3)10-12-18)21(24)22-14-13-17-7-5-6-8-19(17)27-4/h5-12,15,20,23H,13-14H2,1-4H3,(H,22,24)/t20-/m0/s1. The van der Waals surface area contributed by atoms with E-state index in [0.717, 1.165) is 16.9 Å². The van der Waals surface area contributed by atoms with Crippen LogP contribution in [0.4, 0.5) is 0 Å². The molecule has 1 atom stereocenters. The van der Waals surface area contributed by atoms with E-state index in [-0.39, 0.29) is 16.7 Å². The van der Waals surface area contributed by atoms with E-state index in [2.05, 4.69) is 10.0 Å². The third kappa shape index (κ3) is 5.81. The Morgan fingerprint density at radius 2 is 1.71 bits per heavy atom. The van der Waals surface area contributed by atoms with Gasteiger partial charge >= 0.3 is 0 Å². The van der Waals surface area contributed by atoms with Crippen LogP contribution < -0.4 is 14.8 Å². The molecular weight excluding hydrogens is 376 g/mol. The van der Waals surface area contributed by atoms with Crippen molar-refractivity contribution in [2.45, 2.75) is 38.1 Å². The molecule has 7 heteroatoms. The topological polar surface area (TPSA) is 84.5 Å². The molecule has 0 fully saturated rings. The molecule has 0 aliphatic heterocycles. The normalized spacial score (nSPS) is 12.6. The van der Waals surface area contributed by atoms with Crippen LogP contribution in [0, 0.1) is 12.8 Å². The first-order valence-electron chi connectivity index (χ1n) is 9.23. The molecule has 0 aliphatic rings. The van der Waals surface area contributed by atoms with Crippen molar-refractivity contribution in [3.05, 3.63) is 59.7 Å². The molecule has 0 saturated heterocycles. The first-order valence-corrected chi connectivity index (χ1v) is 10.7. The van der Waals surface area contributed by atoms with Gasteiger partial charge in [-0.2, -0.15) is 4.72 Å². The number of ether oxygens (including phenoxy) is 1. The lowest BCUT2D eigenvalue weighted by molar-refractivity contribution is -0.123. The minimum Gasteiger partial charge on any atom is -0.496 e. The Balaban J connectivity index is 2.02. The molecule has 6 nitrogen and oxygen atoms in total. The predicted octanol–water partition coefficient (Wildman–Crippen LogP) is 2.67. The lowest BCUT2D eigenvalue weighted by Crippen LogP contribution is -2.49. The molecule has 2 N–H and O–H groups in total. The van der Waals surface area contributed by atoms with Gasteiger partial charge in [0.1, 0.15) is 11.8 Å². The molecule has 0 unspecified atom stereocenters. The molecule has 0 saturated carbocycles. The number of para-hydroxylation sites is 1. The summed E-state index contributed by atoms with van der Waals surface area (Å²) in [4.78, 5) is 12.8. The summed E-state index contributed by atoms with van der Waals surface area (Å²) in [5, 5.41) is 2.83. The highest BCUT2D eigenvalue weighted by Gasteiger charge is 2.28. The van der Waals surface area contributed by atoms with E-state index in [0.29, 0.717) is 13.0 Å². The van der Waals surface area contributed by atoms with Crippen molar-refractivity contribution in [3.8, 4) is 5.75 Å². The Morgan fingerprint density at radius 3 is 2.32 bits per heavy atom. The summed E-state index contributed by atoms with van der Waals surface area (Å²) in [6.45, 7) is 5.88. The Hall–Kier alpha value is -2.38. The van der Waals surface area contributed by atoms with Gasteiger partial charge in [0.05, 0.1) is 12.0 Å². The number of benzene rings is 2. The summed E-state index contributed by atoms with van der Waals surface area (Å²) in [5.41, 5.74) is 1.94. The second kappa shape index (κ2) is 9.71. The second-order valence-corrected chi connectivity index (χ2v) is 8.72. The van der Waals surface area contributed by atoms with Crippen LogP contribution in [0.2, 0.25) is 0 Å². The zero-order chi connectivity index (χ0) is 20.7. The van der Waals surface area contributed by atoms with Crippen LogP contribution in [0.15, 0.2) is 53.4 Å². The van der Waals surface area contributed by atoms with Crippen molar-refractivity contribution >= 4 is 15.9 Å². The van der Waals surface area contributed by atoms with Crippen LogP contribution >= 0.6 is 0 Å². The van der Waals surface area contributed by atoms with Crippen molar-refractivity contribution in [3.63, 3.8) is 0 Å². The average Bonchev–Trinajstić information content (AvgIpc) is 2.66. The van der Waals surface area contributed by atoms with E-state index < -0.39 is 16.1 Å². The number of nitrogens with one attached hydrogen (secondary N) is 2. The number of carbonyl (C=O) groups excluding carboxylic acids is 1. The molecule has 152 valence electrons. The Kier molecular flexibility index (Phi) is 7.60. The van der Waals surface area contributed by atoms with E-state index >= 15 is 0 Å². The summed E-state index contributed by atoms with van der Waals surface area (Å²) in [7, 11) is -2.18. The molecule has 2 aromatic carbocycles. The first kappa shape index (κ1) is 21.9. The fraction of sp³-hybridized carbons (Fsp3) is 0.381. The van der Waals surface area contributed by atoms with E-state index in [1.54, 1.807) is 19.2 Å². The van der Waals surface area contributed by atoms with E-state index in [1.165, 1.54) is 12.1 Å². The summed E-state index contributed by atoms with van der Waals surface area (Å²) < 4.78 is 33.1. The van der Waals surface area contributed by atoms with Gasteiger partial charge in [-0.1, -0.05) is 49.7 Å². The molecule has 0 aromatic heterocycles. The maximum absolute atomic E-state index is 12.6. The van der Waals surface area contributed by atoms with Crippen LogP contribution in [0.25, 0.3) is 0 Å². The third-order valence-corrected chi connectivity index (χ3v) is 5.91. The van der Waals surface area contributed by atoms with E-state index in [4.69, 9.17) is 4.74 Å². The smallest absolute Gasteiger partial charge is 0.241 e. The van der Waals surface area contributed by atoms with Gasteiger partial charge in [0.2, 0.25) is 15.9 Å². The van der Waals surface area contributed by atoms with Crippen LogP contribution in [0.5, 0.6) is 5.75 Å². The first-order chi connectivity index (χ1) is 13.2. The van der Waals surface area contributed by atoms with Gasteiger partial charge in [0, 0.05) is 6.54 Å². The molecule has 0 heterocycles. The van der Waals surface area contributed by atoms with Crippen molar-refractivity contribution in [1.29, 1.82) is 0 Å². The monoisotopic (exact) mass is 404 g/mol. The zero-order valence-electron chi connectivity index (χ0n) is 16.7. The van der Waals surface area contributed by atoms with Crippen LogP contribution in [-0.4, -0.2) is 34.0 Å². The molecule has 28 heavy (non-hydrogen) atoms. The van der Waals surface area contributed by atoms with Crippen LogP contribution in [-0.2, 0) is 21.2 Å². The van der Waals surface area contributed by atoms with Crippen LogP contribution in [0.1, 0.15) is 25.0 Å². The third-order valence-electron chi connectivity index (χ3n) is 4.45. The van der Waals surface area contributed by atoms with E-state index in [9.17, 15) is 13.2 Å². The highest BCUT2D eigenvalue weighted by atomic mass is 32.2. The van der Waals surface area contributed by atoms with Gasteiger partial charge in [-0.3, -0.25) is 4.79 Å². The number of aryl methyl sites for hydroxylation is 1. The summed E-state index contributed by atoms with van der Waals surface area (Å²) >= 11 is 0. The van der Waals surface area contributed by atoms with Gasteiger partial charge < -0.3 is 10.1 Å². The molecule has 2 aromatic rings. The molecular formula is C21H28N2O4S. The number of hydrogen-bond acceptors (Lipinski definition) is 4. The van der Waals surface area contributed by atoms with Crippen molar-refractivity contribution in [1.82, 2.24) is 10.0 Å². The van der Waals surface area contributed by atoms with Gasteiger partial charge in [-0.25, -0.2) is 8.42 Å².